The Bertz CT molecular complexity index is 1370. The SMILES string of the molecule is CNC(=O)c1cc(-c2c(-c3ccc(N4CCNCC4)cc3)n(C)c3nccc(Cl)c23)ccc1Cl. The number of hydrogen-bond acceptors (Lipinski definition) is 4. The molecule has 0 radical (unpaired) electrons. The topological polar surface area (TPSA) is 62.2 Å². The second-order valence-electron chi connectivity index (χ2n) is 8.33. The molecule has 0 atom stereocenters. The molecule has 0 saturated carbocycles. The maximum atomic E-state index is 12.4. The van der Waals surface area contributed by atoms with Crippen LogP contribution in [0.2, 0.25) is 10.0 Å². The Balaban J connectivity index is 1.71. The predicted octanol–water partition coefficient (Wildman–Crippen LogP) is 4.98. The summed E-state index contributed by atoms with van der Waals surface area (Å²) in [4.78, 5) is 19.4. The van der Waals surface area contributed by atoms with E-state index in [0.29, 0.717) is 15.6 Å². The molecule has 4 aromatic rings. The maximum absolute atomic E-state index is 12.4. The van der Waals surface area contributed by atoms with Gasteiger partial charge < -0.3 is 20.1 Å². The fourth-order valence-corrected chi connectivity index (χ4v) is 5.11. The fourth-order valence-electron chi connectivity index (χ4n) is 4.67. The summed E-state index contributed by atoms with van der Waals surface area (Å²) in [5.74, 6) is -0.238. The molecular formula is C26H25Cl2N5O. The second kappa shape index (κ2) is 9.29. The van der Waals surface area contributed by atoms with Gasteiger partial charge in [-0.15, -0.1) is 0 Å². The van der Waals surface area contributed by atoms with Crippen LogP contribution in [-0.2, 0) is 7.05 Å². The van der Waals surface area contributed by atoms with Crippen LogP contribution in [0.3, 0.4) is 0 Å². The number of nitrogens with one attached hydrogen (secondary N) is 2. The van der Waals surface area contributed by atoms with Crippen molar-refractivity contribution in [2.75, 3.05) is 38.1 Å². The zero-order chi connectivity index (χ0) is 23.8. The molecule has 0 aliphatic carbocycles. The summed E-state index contributed by atoms with van der Waals surface area (Å²) in [5.41, 5.74) is 6.19. The summed E-state index contributed by atoms with van der Waals surface area (Å²) in [6, 6.07) is 15.9. The summed E-state index contributed by atoms with van der Waals surface area (Å²) in [7, 11) is 3.58. The van der Waals surface area contributed by atoms with Crippen LogP contribution in [0.25, 0.3) is 33.4 Å². The average molecular weight is 494 g/mol. The first-order chi connectivity index (χ1) is 16.5. The summed E-state index contributed by atoms with van der Waals surface area (Å²) in [5, 5.41) is 7.91. The van der Waals surface area contributed by atoms with Gasteiger partial charge >= 0.3 is 0 Å². The number of aromatic nitrogens is 2. The number of rotatable bonds is 4. The Hall–Kier alpha value is -3.06. The molecule has 8 heteroatoms. The molecule has 0 spiro atoms. The molecule has 174 valence electrons. The summed E-state index contributed by atoms with van der Waals surface area (Å²) < 4.78 is 2.06. The van der Waals surface area contributed by atoms with Gasteiger partial charge in [0.15, 0.2) is 0 Å². The van der Waals surface area contributed by atoms with E-state index in [2.05, 4.69) is 49.4 Å². The number of pyridine rings is 1. The molecule has 0 bridgehead atoms. The van der Waals surface area contributed by atoms with Gasteiger partial charge in [-0.2, -0.15) is 0 Å². The summed E-state index contributed by atoms with van der Waals surface area (Å²) in [6.07, 6.45) is 1.71. The highest BCUT2D eigenvalue weighted by Gasteiger charge is 2.23. The number of aryl methyl sites for hydroxylation is 1. The molecule has 1 saturated heterocycles. The molecule has 1 fully saturated rings. The van der Waals surface area contributed by atoms with Crippen molar-refractivity contribution in [3.8, 4) is 22.4 Å². The van der Waals surface area contributed by atoms with Crippen molar-refractivity contribution in [2.24, 2.45) is 7.05 Å². The molecule has 5 rings (SSSR count). The molecule has 1 amide bonds. The normalized spacial score (nSPS) is 13.9. The van der Waals surface area contributed by atoms with E-state index in [0.717, 1.165) is 59.6 Å². The lowest BCUT2D eigenvalue weighted by Gasteiger charge is -2.29. The lowest BCUT2D eigenvalue weighted by atomic mass is 9.97. The number of nitrogens with zero attached hydrogens (tertiary/aromatic N) is 3. The molecule has 2 aromatic heterocycles. The average Bonchev–Trinajstić information content (AvgIpc) is 3.18. The number of halogens is 2. The van der Waals surface area contributed by atoms with Crippen molar-refractivity contribution in [3.63, 3.8) is 0 Å². The third kappa shape index (κ3) is 3.92. The Labute approximate surface area is 208 Å². The van der Waals surface area contributed by atoms with Gasteiger partial charge in [0.2, 0.25) is 0 Å². The van der Waals surface area contributed by atoms with Gasteiger partial charge in [0.25, 0.3) is 5.91 Å². The lowest BCUT2D eigenvalue weighted by Crippen LogP contribution is -2.43. The molecule has 6 nitrogen and oxygen atoms in total. The number of fused-ring (bicyclic) bond motifs is 1. The first kappa shape index (κ1) is 22.7. The number of amides is 1. The first-order valence-corrected chi connectivity index (χ1v) is 12.0. The first-order valence-electron chi connectivity index (χ1n) is 11.2. The van der Waals surface area contributed by atoms with E-state index >= 15 is 0 Å². The van der Waals surface area contributed by atoms with Gasteiger partial charge in [0, 0.05) is 63.1 Å². The van der Waals surface area contributed by atoms with Crippen LogP contribution in [0.5, 0.6) is 0 Å². The third-order valence-electron chi connectivity index (χ3n) is 6.37. The van der Waals surface area contributed by atoms with Gasteiger partial charge in [-0.3, -0.25) is 4.79 Å². The van der Waals surface area contributed by atoms with Crippen LogP contribution < -0.4 is 15.5 Å². The van der Waals surface area contributed by atoms with Gasteiger partial charge in [-0.05, 0) is 41.5 Å². The number of carbonyl (C=O) groups is 1. The number of piperazine rings is 1. The largest absolute Gasteiger partial charge is 0.369 e. The van der Waals surface area contributed by atoms with Crippen molar-refractivity contribution >= 4 is 45.8 Å². The minimum atomic E-state index is -0.238. The smallest absolute Gasteiger partial charge is 0.252 e. The van der Waals surface area contributed by atoms with Crippen molar-refractivity contribution in [2.45, 2.75) is 0 Å². The zero-order valence-electron chi connectivity index (χ0n) is 19.0. The molecular weight excluding hydrogens is 469 g/mol. The predicted molar refractivity (Wildman–Crippen MR) is 140 cm³/mol. The minimum absolute atomic E-state index is 0.238. The van der Waals surface area contributed by atoms with Crippen molar-refractivity contribution in [1.29, 1.82) is 0 Å². The molecule has 2 aromatic carbocycles. The van der Waals surface area contributed by atoms with E-state index in [1.807, 2.05) is 19.2 Å². The Morgan fingerprint density at radius 3 is 2.41 bits per heavy atom. The van der Waals surface area contributed by atoms with E-state index in [9.17, 15) is 4.79 Å². The van der Waals surface area contributed by atoms with Crippen LogP contribution in [0.4, 0.5) is 5.69 Å². The standard InChI is InChI=1S/C26H25Cl2N5O/c1-29-26(34)19-15-17(5-8-20(19)27)22-23-21(28)9-10-31-25(23)32(2)24(22)16-3-6-18(7-4-16)33-13-11-30-12-14-33/h3-10,15,30H,11-14H2,1-2H3,(H,29,34). The van der Waals surface area contributed by atoms with Crippen molar-refractivity contribution in [1.82, 2.24) is 20.2 Å². The highest BCUT2D eigenvalue weighted by molar-refractivity contribution is 6.37. The molecule has 1 aliphatic rings. The number of hydrogen-bond donors (Lipinski definition) is 2. The lowest BCUT2D eigenvalue weighted by molar-refractivity contribution is 0.0963. The molecule has 0 unspecified atom stereocenters. The van der Waals surface area contributed by atoms with E-state index in [1.165, 1.54) is 5.69 Å². The van der Waals surface area contributed by atoms with Crippen LogP contribution in [-0.4, -0.2) is 48.7 Å². The molecule has 2 N–H and O–H groups in total. The van der Waals surface area contributed by atoms with Gasteiger partial charge in [0.05, 0.1) is 21.3 Å². The monoisotopic (exact) mass is 493 g/mol. The van der Waals surface area contributed by atoms with Gasteiger partial charge in [0.1, 0.15) is 5.65 Å². The van der Waals surface area contributed by atoms with Crippen molar-refractivity contribution < 1.29 is 4.79 Å². The van der Waals surface area contributed by atoms with E-state index in [-0.39, 0.29) is 5.91 Å². The van der Waals surface area contributed by atoms with Crippen LogP contribution in [0, 0.1) is 0 Å². The molecule has 1 aliphatic heterocycles. The van der Waals surface area contributed by atoms with E-state index in [4.69, 9.17) is 23.2 Å². The second-order valence-corrected chi connectivity index (χ2v) is 9.15. The quantitative estimate of drug-likeness (QED) is 0.420. The maximum Gasteiger partial charge on any atom is 0.252 e. The fraction of sp³-hybridized carbons (Fsp3) is 0.231. The third-order valence-corrected chi connectivity index (χ3v) is 7.01. The highest BCUT2D eigenvalue weighted by atomic mass is 35.5. The van der Waals surface area contributed by atoms with E-state index in [1.54, 1.807) is 25.4 Å². The Morgan fingerprint density at radius 2 is 1.71 bits per heavy atom. The Kier molecular flexibility index (Phi) is 6.21. The summed E-state index contributed by atoms with van der Waals surface area (Å²) >= 11 is 13.0. The van der Waals surface area contributed by atoms with Crippen LogP contribution in [0.15, 0.2) is 54.7 Å². The van der Waals surface area contributed by atoms with Gasteiger partial charge in [-0.1, -0.05) is 41.4 Å². The highest BCUT2D eigenvalue weighted by Crippen LogP contribution is 2.43. The minimum Gasteiger partial charge on any atom is -0.369 e. The summed E-state index contributed by atoms with van der Waals surface area (Å²) in [6.45, 7) is 3.96. The number of anilines is 1. The van der Waals surface area contributed by atoms with Crippen molar-refractivity contribution in [3.05, 3.63) is 70.3 Å². The number of benzene rings is 2. The van der Waals surface area contributed by atoms with Crippen LogP contribution >= 0.6 is 23.2 Å². The zero-order valence-corrected chi connectivity index (χ0v) is 20.5. The van der Waals surface area contributed by atoms with Gasteiger partial charge in [-0.25, -0.2) is 4.98 Å². The molecule has 3 heterocycles. The number of carbonyl (C=O) groups excluding carboxylic acids is 1. The Morgan fingerprint density at radius 1 is 1.00 bits per heavy atom. The van der Waals surface area contributed by atoms with Crippen LogP contribution in [0.1, 0.15) is 10.4 Å². The van der Waals surface area contributed by atoms with E-state index < -0.39 is 0 Å². The molecule has 34 heavy (non-hydrogen) atoms.